The fourth-order valence-corrected chi connectivity index (χ4v) is 3.68. The van der Waals surface area contributed by atoms with Crippen molar-refractivity contribution in [3.05, 3.63) is 75.8 Å². The molecule has 0 aliphatic rings. The van der Waals surface area contributed by atoms with Gasteiger partial charge in [0.05, 0.1) is 23.0 Å². The van der Waals surface area contributed by atoms with E-state index in [4.69, 9.17) is 11.6 Å². The number of halogens is 1. The third-order valence-electron chi connectivity index (χ3n) is 3.98. The van der Waals surface area contributed by atoms with Crippen molar-refractivity contribution >= 4 is 32.5 Å². The first-order valence-electron chi connectivity index (χ1n) is 8.10. The number of aromatic nitrogens is 2. The van der Waals surface area contributed by atoms with Crippen LogP contribution in [0.1, 0.15) is 5.56 Å². The highest BCUT2D eigenvalue weighted by Crippen LogP contribution is 2.09. The van der Waals surface area contributed by atoms with Gasteiger partial charge in [-0.2, -0.15) is 0 Å². The fraction of sp³-hybridized carbons (Fsp3) is 0.222. The molecule has 136 valence electrons. The van der Waals surface area contributed by atoms with Crippen LogP contribution < -0.4 is 10.3 Å². The van der Waals surface area contributed by atoms with Gasteiger partial charge >= 0.3 is 0 Å². The van der Waals surface area contributed by atoms with Crippen LogP contribution in [0.5, 0.6) is 0 Å². The number of hydrogen-bond acceptors (Lipinski definition) is 4. The molecule has 0 saturated heterocycles. The van der Waals surface area contributed by atoms with E-state index >= 15 is 0 Å². The lowest BCUT2D eigenvalue weighted by molar-refractivity contribution is 0.572. The molecule has 0 aliphatic heterocycles. The van der Waals surface area contributed by atoms with E-state index < -0.39 is 10.0 Å². The van der Waals surface area contributed by atoms with Gasteiger partial charge in [-0.1, -0.05) is 35.9 Å². The first-order chi connectivity index (χ1) is 12.4. The molecular formula is C18H18ClN3O3S. The van der Waals surface area contributed by atoms with Crippen molar-refractivity contribution in [3.8, 4) is 0 Å². The molecule has 2 aromatic carbocycles. The quantitative estimate of drug-likeness (QED) is 0.669. The van der Waals surface area contributed by atoms with Crippen LogP contribution in [0.3, 0.4) is 0 Å². The first kappa shape index (κ1) is 18.6. The molecule has 0 atom stereocenters. The van der Waals surface area contributed by atoms with Gasteiger partial charge in [0.25, 0.3) is 5.56 Å². The molecule has 0 spiro atoms. The highest BCUT2D eigenvalue weighted by molar-refractivity contribution is 7.89. The van der Waals surface area contributed by atoms with E-state index in [0.717, 1.165) is 5.56 Å². The molecule has 1 aromatic heterocycles. The summed E-state index contributed by atoms with van der Waals surface area (Å²) in [5, 5.41) is 1.12. The van der Waals surface area contributed by atoms with Crippen LogP contribution in [-0.2, 0) is 23.0 Å². The molecule has 0 fully saturated rings. The summed E-state index contributed by atoms with van der Waals surface area (Å²) in [6.07, 6.45) is 1.95. The van der Waals surface area contributed by atoms with Gasteiger partial charge in [-0.15, -0.1) is 0 Å². The van der Waals surface area contributed by atoms with Crippen molar-refractivity contribution in [2.75, 3.05) is 12.3 Å². The zero-order valence-corrected chi connectivity index (χ0v) is 15.5. The van der Waals surface area contributed by atoms with Gasteiger partial charge < -0.3 is 0 Å². The molecule has 8 heteroatoms. The molecule has 6 nitrogen and oxygen atoms in total. The summed E-state index contributed by atoms with van der Waals surface area (Å²) < 4.78 is 28.2. The Balaban J connectivity index is 1.59. The minimum absolute atomic E-state index is 0.0486. The van der Waals surface area contributed by atoms with E-state index in [1.165, 1.54) is 10.9 Å². The normalized spacial score (nSPS) is 11.7. The molecule has 1 heterocycles. The Bertz CT molecular complexity index is 1060. The Morgan fingerprint density at radius 2 is 1.81 bits per heavy atom. The number of benzene rings is 2. The zero-order valence-electron chi connectivity index (χ0n) is 13.9. The van der Waals surface area contributed by atoms with Crippen LogP contribution in [0.2, 0.25) is 5.02 Å². The summed E-state index contributed by atoms with van der Waals surface area (Å²) in [4.78, 5) is 16.6. The maximum atomic E-state index is 12.4. The van der Waals surface area contributed by atoms with E-state index in [9.17, 15) is 13.2 Å². The maximum Gasteiger partial charge on any atom is 0.261 e. The van der Waals surface area contributed by atoms with Gasteiger partial charge in [0, 0.05) is 18.1 Å². The Morgan fingerprint density at radius 1 is 1.08 bits per heavy atom. The number of para-hydroxylation sites is 1. The Labute approximate surface area is 156 Å². The minimum atomic E-state index is -3.49. The molecule has 0 aliphatic carbocycles. The van der Waals surface area contributed by atoms with E-state index in [1.54, 1.807) is 36.4 Å². The van der Waals surface area contributed by atoms with Gasteiger partial charge in [0.1, 0.15) is 0 Å². The molecule has 0 radical (unpaired) electrons. The molecule has 3 aromatic rings. The molecule has 0 saturated carbocycles. The number of nitrogens with zero attached hydrogens (tertiary/aromatic N) is 2. The summed E-state index contributed by atoms with van der Waals surface area (Å²) in [6, 6.07) is 14.2. The average Bonchev–Trinajstić information content (AvgIpc) is 2.63. The number of sulfonamides is 1. The summed E-state index contributed by atoms with van der Waals surface area (Å²) >= 11 is 5.82. The Morgan fingerprint density at radius 3 is 2.58 bits per heavy atom. The number of rotatable bonds is 7. The van der Waals surface area contributed by atoms with Crippen LogP contribution >= 0.6 is 11.6 Å². The number of hydrogen-bond donors (Lipinski definition) is 1. The van der Waals surface area contributed by atoms with Crippen molar-refractivity contribution in [3.63, 3.8) is 0 Å². The summed E-state index contributed by atoms with van der Waals surface area (Å²) in [7, 11) is -3.49. The second-order valence-corrected chi connectivity index (χ2v) is 8.21. The van der Waals surface area contributed by atoms with Gasteiger partial charge in [-0.05, 0) is 36.2 Å². The smallest absolute Gasteiger partial charge is 0.261 e. The van der Waals surface area contributed by atoms with Crippen molar-refractivity contribution in [1.82, 2.24) is 14.3 Å². The summed E-state index contributed by atoms with van der Waals surface area (Å²) in [5.41, 5.74) is 1.34. The molecule has 0 bridgehead atoms. The predicted molar refractivity (Wildman–Crippen MR) is 103 cm³/mol. The van der Waals surface area contributed by atoms with Gasteiger partial charge in [0.2, 0.25) is 10.0 Å². The topological polar surface area (TPSA) is 81.1 Å². The van der Waals surface area contributed by atoms with E-state index in [2.05, 4.69) is 9.71 Å². The van der Waals surface area contributed by atoms with Gasteiger partial charge in [-0.3, -0.25) is 9.36 Å². The maximum absolute atomic E-state index is 12.4. The van der Waals surface area contributed by atoms with Crippen molar-refractivity contribution in [2.45, 2.75) is 13.0 Å². The van der Waals surface area contributed by atoms with Crippen molar-refractivity contribution in [2.24, 2.45) is 0 Å². The number of nitrogens with one attached hydrogen (secondary N) is 1. The lowest BCUT2D eigenvalue weighted by Crippen LogP contribution is -2.32. The average molecular weight is 392 g/mol. The summed E-state index contributed by atoms with van der Waals surface area (Å²) in [6.45, 7) is 0.335. The first-order valence-corrected chi connectivity index (χ1v) is 10.1. The number of aryl methyl sites for hydroxylation is 1. The third kappa shape index (κ3) is 4.69. The van der Waals surface area contributed by atoms with Crippen LogP contribution in [0.15, 0.2) is 59.7 Å². The SMILES string of the molecule is O=c1c2ccccc2ncn1CCS(=O)(=O)NCCc1ccc(Cl)cc1. The molecule has 0 unspecified atom stereocenters. The molecule has 26 heavy (non-hydrogen) atoms. The second-order valence-electron chi connectivity index (χ2n) is 5.85. The van der Waals surface area contributed by atoms with Crippen LogP contribution in [0, 0.1) is 0 Å². The zero-order chi connectivity index (χ0) is 18.6. The van der Waals surface area contributed by atoms with E-state index in [1.807, 2.05) is 12.1 Å². The lowest BCUT2D eigenvalue weighted by Gasteiger charge is -2.09. The highest BCUT2D eigenvalue weighted by atomic mass is 35.5. The van der Waals surface area contributed by atoms with Crippen LogP contribution in [0.4, 0.5) is 0 Å². The standard InChI is InChI=1S/C18H18ClN3O3S/c19-15-7-5-14(6-8-15)9-10-21-26(24,25)12-11-22-13-20-17-4-2-1-3-16(17)18(22)23/h1-8,13,21H,9-12H2. The number of fused-ring (bicyclic) bond motifs is 1. The third-order valence-corrected chi connectivity index (χ3v) is 5.60. The molecular weight excluding hydrogens is 374 g/mol. The lowest BCUT2D eigenvalue weighted by atomic mass is 10.2. The Kier molecular flexibility index (Phi) is 5.70. The monoisotopic (exact) mass is 391 g/mol. The van der Waals surface area contributed by atoms with Crippen LogP contribution in [0.25, 0.3) is 10.9 Å². The van der Waals surface area contributed by atoms with E-state index in [0.29, 0.717) is 22.3 Å². The van der Waals surface area contributed by atoms with E-state index in [-0.39, 0.29) is 24.4 Å². The van der Waals surface area contributed by atoms with Crippen molar-refractivity contribution in [1.29, 1.82) is 0 Å². The largest absolute Gasteiger partial charge is 0.298 e. The molecule has 0 amide bonds. The predicted octanol–water partition coefficient (Wildman–Crippen LogP) is 2.21. The van der Waals surface area contributed by atoms with Crippen LogP contribution in [-0.4, -0.2) is 30.3 Å². The van der Waals surface area contributed by atoms with Crippen molar-refractivity contribution < 1.29 is 8.42 Å². The fourth-order valence-electron chi connectivity index (χ4n) is 2.56. The molecule has 3 rings (SSSR count). The highest BCUT2D eigenvalue weighted by Gasteiger charge is 2.11. The summed E-state index contributed by atoms with van der Waals surface area (Å²) in [5.74, 6) is -0.187. The minimum Gasteiger partial charge on any atom is -0.298 e. The second kappa shape index (κ2) is 7.99. The Hall–Kier alpha value is -2.22. The van der Waals surface area contributed by atoms with Gasteiger partial charge in [-0.25, -0.2) is 18.1 Å². The molecule has 1 N–H and O–H groups in total. The van der Waals surface area contributed by atoms with Gasteiger partial charge in [0.15, 0.2) is 0 Å².